The zero-order valence-corrected chi connectivity index (χ0v) is 13.8. The van der Waals surface area contributed by atoms with Crippen molar-refractivity contribution in [1.29, 1.82) is 0 Å². The Morgan fingerprint density at radius 3 is 2.67 bits per heavy atom. The summed E-state index contributed by atoms with van der Waals surface area (Å²) in [6.07, 6.45) is 4.58. The van der Waals surface area contributed by atoms with Crippen LogP contribution in [0.5, 0.6) is 5.75 Å². The molecule has 3 heterocycles. The average molecular weight is 363 g/mol. The number of amides is 1. The number of fused-ring (bicyclic) bond motifs is 3. The molecule has 3 N–H and O–H groups in total. The largest absolute Gasteiger partial charge is 0.505 e. The first-order valence-electron chi connectivity index (χ1n) is 7.95. The number of aromatic hydroxyl groups is 1. The van der Waals surface area contributed by atoms with Crippen LogP contribution in [-0.4, -0.2) is 48.2 Å². The van der Waals surface area contributed by atoms with E-state index < -0.39 is 18.4 Å². The van der Waals surface area contributed by atoms with Gasteiger partial charge in [0.25, 0.3) is 5.91 Å². The molecule has 0 saturated carbocycles. The molecule has 0 fully saturated rings. The van der Waals surface area contributed by atoms with Crippen molar-refractivity contribution < 1.29 is 19.8 Å². The fourth-order valence-corrected chi connectivity index (χ4v) is 3.01. The van der Waals surface area contributed by atoms with E-state index in [9.17, 15) is 14.7 Å². The first kappa shape index (κ1) is 16.5. The van der Waals surface area contributed by atoms with Gasteiger partial charge in [0, 0.05) is 23.2 Å². The summed E-state index contributed by atoms with van der Waals surface area (Å²) in [5, 5.41) is 26.8. The standard InChI is InChI=1S/C18H13N5O4/c24-13(25)8-20-18(27)15-16(26)12-3-1-2-11(10-4-6-19-7-5-10)14(12)17-21-9-22-23(15)17/h1-7,9,26H,8H2,(H,20,27)(H,24,25). The number of carbonyl (C=O) groups is 2. The van der Waals surface area contributed by atoms with Crippen LogP contribution in [0, 0.1) is 0 Å². The van der Waals surface area contributed by atoms with E-state index in [0.717, 1.165) is 11.1 Å². The van der Waals surface area contributed by atoms with Gasteiger partial charge in [0.15, 0.2) is 17.1 Å². The van der Waals surface area contributed by atoms with Crippen LogP contribution in [0.1, 0.15) is 10.5 Å². The maximum atomic E-state index is 12.4. The van der Waals surface area contributed by atoms with E-state index >= 15 is 0 Å². The van der Waals surface area contributed by atoms with Crippen LogP contribution in [-0.2, 0) is 4.79 Å². The maximum Gasteiger partial charge on any atom is 0.322 e. The van der Waals surface area contributed by atoms with Gasteiger partial charge in [0.05, 0.1) is 0 Å². The van der Waals surface area contributed by atoms with Gasteiger partial charge < -0.3 is 15.5 Å². The third kappa shape index (κ3) is 2.71. The number of nitrogens with zero attached hydrogens (tertiary/aromatic N) is 4. The number of pyridine rings is 2. The molecule has 0 radical (unpaired) electrons. The van der Waals surface area contributed by atoms with Gasteiger partial charge in [-0.15, -0.1) is 0 Å². The fraction of sp³-hybridized carbons (Fsp3) is 0.0556. The third-order valence-corrected chi connectivity index (χ3v) is 4.13. The minimum absolute atomic E-state index is 0.178. The van der Waals surface area contributed by atoms with Gasteiger partial charge in [0.2, 0.25) is 0 Å². The maximum absolute atomic E-state index is 12.4. The van der Waals surface area contributed by atoms with Crippen molar-refractivity contribution in [3.05, 3.63) is 54.7 Å². The number of carbonyl (C=O) groups excluding carboxylic acids is 1. The van der Waals surface area contributed by atoms with Crippen molar-refractivity contribution in [2.45, 2.75) is 0 Å². The van der Waals surface area contributed by atoms with E-state index in [1.165, 1.54) is 10.8 Å². The minimum atomic E-state index is -1.20. The fourth-order valence-electron chi connectivity index (χ4n) is 3.01. The number of carboxylic acids is 1. The lowest BCUT2D eigenvalue weighted by molar-refractivity contribution is -0.135. The number of aliphatic carboxylic acids is 1. The van der Waals surface area contributed by atoms with E-state index in [0.29, 0.717) is 16.4 Å². The average Bonchev–Trinajstić information content (AvgIpc) is 3.16. The van der Waals surface area contributed by atoms with Crippen molar-refractivity contribution in [1.82, 2.24) is 24.9 Å². The highest BCUT2D eigenvalue weighted by molar-refractivity contribution is 6.12. The zero-order chi connectivity index (χ0) is 19.0. The molecule has 4 aromatic rings. The molecule has 3 aromatic heterocycles. The molecule has 0 aliphatic carbocycles. The molecule has 9 heteroatoms. The van der Waals surface area contributed by atoms with Crippen molar-refractivity contribution in [3.8, 4) is 16.9 Å². The number of benzene rings is 1. The first-order chi connectivity index (χ1) is 13.1. The number of rotatable bonds is 4. The number of hydrogen-bond acceptors (Lipinski definition) is 6. The van der Waals surface area contributed by atoms with Crippen LogP contribution in [0.15, 0.2) is 49.1 Å². The van der Waals surface area contributed by atoms with Crippen molar-refractivity contribution in [2.24, 2.45) is 0 Å². The second-order valence-corrected chi connectivity index (χ2v) is 5.73. The molecule has 1 amide bonds. The highest BCUT2D eigenvalue weighted by Crippen LogP contribution is 2.37. The molecule has 0 aliphatic rings. The third-order valence-electron chi connectivity index (χ3n) is 4.13. The molecular formula is C18H13N5O4. The minimum Gasteiger partial charge on any atom is -0.505 e. The smallest absolute Gasteiger partial charge is 0.322 e. The summed E-state index contributed by atoms with van der Waals surface area (Å²) in [4.78, 5) is 31.4. The Bertz CT molecular complexity index is 1190. The summed E-state index contributed by atoms with van der Waals surface area (Å²) in [6.45, 7) is -0.580. The Morgan fingerprint density at radius 2 is 1.93 bits per heavy atom. The Labute approximate surface area is 151 Å². The Morgan fingerprint density at radius 1 is 1.15 bits per heavy atom. The zero-order valence-electron chi connectivity index (χ0n) is 13.8. The van der Waals surface area contributed by atoms with E-state index in [1.54, 1.807) is 24.5 Å². The molecule has 4 rings (SSSR count). The lowest BCUT2D eigenvalue weighted by Crippen LogP contribution is -2.31. The summed E-state index contributed by atoms with van der Waals surface area (Å²) in [5.74, 6) is -2.26. The summed E-state index contributed by atoms with van der Waals surface area (Å²) in [6, 6.07) is 8.94. The normalized spacial score (nSPS) is 11.0. The molecule has 9 nitrogen and oxygen atoms in total. The van der Waals surface area contributed by atoms with Gasteiger partial charge in [-0.25, -0.2) is 9.50 Å². The topological polar surface area (TPSA) is 130 Å². The molecule has 0 bridgehead atoms. The quantitative estimate of drug-likeness (QED) is 0.500. The van der Waals surface area contributed by atoms with Crippen LogP contribution in [0.2, 0.25) is 0 Å². The van der Waals surface area contributed by atoms with Crippen LogP contribution < -0.4 is 5.32 Å². The Kier molecular flexibility index (Phi) is 3.88. The monoisotopic (exact) mass is 363 g/mol. The SMILES string of the molecule is O=C(O)CNC(=O)c1c(O)c2cccc(-c3ccncc3)c2c2ncnn12. The number of hydrogen-bond donors (Lipinski definition) is 3. The second kappa shape index (κ2) is 6.37. The highest BCUT2D eigenvalue weighted by atomic mass is 16.4. The molecular weight excluding hydrogens is 350 g/mol. The molecule has 134 valence electrons. The molecule has 0 unspecified atom stereocenters. The Hall–Kier alpha value is -4.01. The first-order valence-corrected chi connectivity index (χ1v) is 7.95. The van der Waals surface area contributed by atoms with E-state index in [2.05, 4.69) is 20.4 Å². The lowest BCUT2D eigenvalue weighted by atomic mass is 9.98. The molecule has 0 atom stereocenters. The number of carboxylic acid groups (broad SMARTS) is 1. The van der Waals surface area contributed by atoms with E-state index in [-0.39, 0.29) is 11.4 Å². The van der Waals surface area contributed by atoms with Crippen molar-refractivity contribution in [2.75, 3.05) is 6.54 Å². The van der Waals surface area contributed by atoms with E-state index in [1.807, 2.05) is 18.2 Å². The molecule has 0 aliphatic heterocycles. The summed E-state index contributed by atoms with van der Waals surface area (Å²) >= 11 is 0. The van der Waals surface area contributed by atoms with Gasteiger partial charge in [0.1, 0.15) is 12.9 Å². The van der Waals surface area contributed by atoms with Crippen LogP contribution in [0.3, 0.4) is 0 Å². The molecule has 0 spiro atoms. The van der Waals surface area contributed by atoms with Gasteiger partial charge in [-0.05, 0) is 23.3 Å². The van der Waals surface area contributed by atoms with Crippen molar-refractivity contribution in [3.63, 3.8) is 0 Å². The van der Waals surface area contributed by atoms with Crippen LogP contribution >= 0.6 is 0 Å². The van der Waals surface area contributed by atoms with E-state index in [4.69, 9.17) is 5.11 Å². The second-order valence-electron chi connectivity index (χ2n) is 5.73. The number of aromatic nitrogens is 4. The molecule has 1 aromatic carbocycles. The van der Waals surface area contributed by atoms with Gasteiger partial charge in [-0.3, -0.25) is 14.6 Å². The predicted octanol–water partition coefficient (Wildman–Crippen LogP) is 1.46. The van der Waals surface area contributed by atoms with Gasteiger partial charge in [-0.2, -0.15) is 5.10 Å². The summed E-state index contributed by atoms with van der Waals surface area (Å²) in [7, 11) is 0. The summed E-state index contributed by atoms with van der Waals surface area (Å²) in [5.41, 5.74) is 1.85. The Balaban J connectivity index is 2.01. The van der Waals surface area contributed by atoms with Gasteiger partial charge >= 0.3 is 5.97 Å². The van der Waals surface area contributed by atoms with Gasteiger partial charge in [-0.1, -0.05) is 18.2 Å². The number of nitrogens with one attached hydrogen (secondary N) is 1. The van der Waals surface area contributed by atoms with Crippen LogP contribution in [0.25, 0.3) is 27.5 Å². The van der Waals surface area contributed by atoms with Crippen LogP contribution in [0.4, 0.5) is 0 Å². The predicted molar refractivity (Wildman–Crippen MR) is 95.4 cm³/mol. The molecule has 0 saturated heterocycles. The molecule has 27 heavy (non-hydrogen) atoms. The van der Waals surface area contributed by atoms with Crippen molar-refractivity contribution >= 4 is 28.3 Å². The lowest BCUT2D eigenvalue weighted by Gasteiger charge is -2.13. The highest BCUT2D eigenvalue weighted by Gasteiger charge is 2.23. The summed E-state index contributed by atoms with van der Waals surface area (Å²) < 4.78 is 1.21.